The molecule has 0 unspecified atom stereocenters. The van der Waals surface area contributed by atoms with Crippen LogP contribution < -0.4 is 28.5 Å². The predicted octanol–water partition coefficient (Wildman–Crippen LogP) is 3.97. The first kappa shape index (κ1) is 21.0. The molecule has 0 saturated carbocycles. The Kier molecular flexibility index (Phi) is 6.58. The lowest BCUT2D eigenvalue weighted by atomic mass is 9.98. The molecule has 0 aliphatic carbocycles. The Morgan fingerprint density at radius 1 is 0.355 bits per heavy atom. The van der Waals surface area contributed by atoms with E-state index in [0.717, 1.165) is 5.69 Å². The summed E-state index contributed by atoms with van der Waals surface area (Å²) >= 11 is 0. The lowest BCUT2D eigenvalue weighted by molar-refractivity contribution is -0.572. The van der Waals surface area contributed by atoms with Crippen LogP contribution in [0.4, 0.5) is 0 Å². The molecule has 1 heterocycles. The lowest BCUT2D eigenvalue weighted by Gasteiger charge is -2.12. The van der Waals surface area contributed by atoms with Gasteiger partial charge in [0.05, 0.1) is 0 Å². The monoisotopic (exact) mass is 511 g/mol. The van der Waals surface area contributed by atoms with Crippen LogP contribution in [-0.2, 0) is 0 Å². The molecule has 0 aliphatic heterocycles. The molecule has 0 saturated heterocycles. The maximum absolute atomic E-state index is 2.36. The smallest absolute Gasteiger partial charge is 0.219 e. The Morgan fingerprint density at radius 2 is 0.710 bits per heavy atom. The second-order valence-corrected chi connectivity index (χ2v) is 7.28. The Hall–Kier alpha value is -3.24. The summed E-state index contributed by atoms with van der Waals surface area (Å²) in [5.41, 5.74) is 8.29. The van der Waals surface area contributed by atoms with Gasteiger partial charge >= 0.3 is 0 Å². The van der Waals surface area contributed by atoms with Crippen molar-refractivity contribution in [2.45, 2.75) is 0 Å². The molecule has 1 nitrogen and oxygen atoms in total. The van der Waals surface area contributed by atoms with Gasteiger partial charge in [0, 0.05) is 35.4 Å². The second-order valence-electron chi connectivity index (χ2n) is 7.28. The van der Waals surface area contributed by atoms with Gasteiger partial charge < -0.3 is 24.0 Å². The molecule has 1 aromatic heterocycles. The molecule has 0 aliphatic rings. The molecule has 0 bridgehead atoms. The summed E-state index contributed by atoms with van der Waals surface area (Å²) in [6, 6.07) is 47.0. The Morgan fingerprint density at radius 3 is 1.13 bits per heavy atom. The average Bonchev–Trinajstić information content (AvgIpc) is 2.85. The summed E-state index contributed by atoms with van der Waals surface area (Å²) < 4.78 is 2.36. The number of halogens is 1. The van der Waals surface area contributed by atoms with Gasteiger partial charge in [-0.25, -0.2) is 0 Å². The fourth-order valence-corrected chi connectivity index (χ4v) is 3.89. The van der Waals surface area contributed by atoms with E-state index >= 15 is 0 Å². The Bertz CT molecular complexity index is 1190. The zero-order valence-electron chi connectivity index (χ0n) is 17.0. The number of pyridine rings is 1. The van der Waals surface area contributed by atoms with E-state index in [1.54, 1.807) is 0 Å². The van der Waals surface area contributed by atoms with Gasteiger partial charge in [-0.05, 0) is 35.4 Å². The van der Waals surface area contributed by atoms with Crippen molar-refractivity contribution in [1.29, 1.82) is 0 Å². The normalized spacial score (nSPS) is 10.3. The van der Waals surface area contributed by atoms with Crippen molar-refractivity contribution in [2.24, 2.45) is 0 Å². The van der Waals surface area contributed by atoms with Crippen molar-refractivity contribution in [3.63, 3.8) is 0 Å². The van der Waals surface area contributed by atoms with Crippen molar-refractivity contribution < 1.29 is 28.5 Å². The topological polar surface area (TPSA) is 3.88 Å². The predicted molar refractivity (Wildman–Crippen MR) is 124 cm³/mol. The minimum Gasteiger partial charge on any atom is -1.00 e. The molecule has 150 valence electrons. The van der Waals surface area contributed by atoms with E-state index < -0.39 is 0 Å². The molecule has 31 heavy (non-hydrogen) atoms. The van der Waals surface area contributed by atoms with E-state index in [0.29, 0.717) is 0 Å². The van der Waals surface area contributed by atoms with Gasteiger partial charge in [0.15, 0.2) is 0 Å². The van der Waals surface area contributed by atoms with E-state index in [-0.39, 0.29) is 24.0 Å². The van der Waals surface area contributed by atoms with Crippen LogP contribution in [0.25, 0.3) is 39.3 Å². The fourth-order valence-electron chi connectivity index (χ4n) is 3.89. The first-order valence-corrected chi connectivity index (χ1v) is 10.2. The van der Waals surface area contributed by atoms with Crippen LogP contribution in [0.2, 0.25) is 0 Å². The third kappa shape index (κ3) is 4.44. The number of nitrogens with zero attached hydrogens (tertiary/aromatic N) is 1. The number of hydrogen-bond acceptors (Lipinski definition) is 0. The van der Waals surface area contributed by atoms with E-state index in [1.165, 1.54) is 33.6 Å². The molecule has 5 rings (SSSR count). The molecule has 0 atom stereocenters. The summed E-state index contributed by atoms with van der Waals surface area (Å²) in [6.45, 7) is 0. The quantitative estimate of drug-likeness (QED) is 0.254. The number of para-hydroxylation sites is 1. The number of rotatable bonds is 4. The van der Waals surface area contributed by atoms with Crippen LogP contribution >= 0.6 is 0 Å². The van der Waals surface area contributed by atoms with Crippen LogP contribution in [0.5, 0.6) is 0 Å². The van der Waals surface area contributed by atoms with Crippen molar-refractivity contribution >= 4 is 0 Å². The third-order valence-corrected chi connectivity index (χ3v) is 5.33. The first-order chi connectivity index (χ1) is 14.9. The zero-order valence-corrected chi connectivity index (χ0v) is 19.2. The molecule has 0 amide bonds. The number of aromatic nitrogens is 1. The van der Waals surface area contributed by atoms with E-state index in [9.17, 15) is 0 Å². The highest BCUT2D eigenvalue weighted by Crippen LogP contribution is 2.30. The van der Waals surface area contributed by atoms with E-state index in [4.69, 9.17) is 0 Å². The van der Waals surface area contributed by atoms with Crippen molar-refractivity contribution in [1.82, 2.24) is 0 Å². The summed E-state index contributed by atoms with van der Waals surface area (Å²) in [5.74, 6) is 0. The highest BCUT2D eigenvalue weighted by Gasteiger charge is 2.24. The Labute approximate surface area is 200 Å². The highest BCUT2D eigenvalue weighted by molar-refractivity contribution is 5.74. The van der Waals surface area contributed by atoms with Gasteiger partial charge in [-0.1, -0.05) is 84.9 Å². The van der Waals surface area contributed by atoms with Crippen LogP contribution in [0, 0.1) is 0 Å². The van der Waals surface area contributed by atoms with E-state index in [2.05, 4.69) is 138 Å². The van der Waals surface area contributed by atoms with Crippen LogP contribution in [0.15, 0.2) is 133 Å². The summed E-state index contributed by atoms with van der Waals surface area (Å²) in [7, 11) is 0. The standard InChI is InChI=1S/C29H22N.HI/c1-5-13-23(14-6-1)26-21-28(24-15-7-2-8-16-24)30(27-19-11-4-12-20-27)29(22-26)25-17-9-3-10-18-25;/h1-22H;1H/q+1;/p-1. The molecular weight excluding hydrogens is 489 g/mol. The number of benzene rings is 4. The molecule has 4 aromatic carbocycles. The van der Waals surface area contributed by atoms with Crippen LogP contribution in [0.1, 0.15) is 0 Å². The summed E-state index contributed by atoms with van der Waals surface area (Å²) in [4.78, 5) is 0. The third-order valence-electron chi connectivity index (χ3n) is 5.33. The van der Waals surface area contributed by atoms with Gasteiger partial charge in [-0.15, -0.1) is 0 Å². The summed E-state index contributed by atoms with van der Waals surface area (Å²) in [5, 5.41) is 0. The van der Waals surface area contributed by atoms with Crippen molar-refractivity contribution in [2.75, 3.05) is 0 Å². The average molecular weight is 511 g/mol. The Balaban J connectivity index is 0.00000231. The number of hydrogen-bond donors (Lipinski definition) is 0. The second kappa shape index (κ2) is 9.71. The van der Waals surface area contributed by atoms with E-state index in [1.807, 2.05) is 0 Å². The van der Waals surface area contributed by atoms with Gasteiger partial charge in [-0.2, -0.15) is 4.57 Å². The molecule has 0 fully saturated rings. The SMILES string of the molecule is [I-].c1ccc(-c2cc(-c3ccccc3)[n+](-c3ccccc3)c(-c3ccccc3)c2)cc1. The molecule has 2 heteroatoms. The van der Waals surface area contributed by atoms with Crippen molar-refractivity contribution in [3.05, 3.63) is 133 Å². The van der Waals surface area contributed by atoms with Gasteiger partial charge in [-0.3, -0.25) is 0 Å². The molecule has 5 aromatic rings. The van der Waals surface area contributed by atoms with Crippen LogP contribution in [-0.4, -0.2) is 0 Å². The molecule has 0 N–H and O–H groups in total. The van der Waals surface area contributed by atoms with Gasteiger partial charge in [0.25, 0.3) is 0 Å². The largest absolute Gasteiger partial charge is 1.00 e. The van der Waals surface area contributed by atoms with Gasteiger partial charge in [0.1, 0.15) is 0 Å². The lowest BCUT2D eigenvalue weighted by Crippen LogP contribution is -3.00. The minimum absolute atomic E-state index is 0. The molecule has 0 spiro atoms. The molecule has 0 radical (unpaired) electrons. The maximum Gasteiger partial charge on any atom is 0.219 e. The fraction of sp³-hybridized carbons (Fsp3) is 0. The van der Waals surface area contributed by atoms with Crippen molar-refractivity contribution in [3.8, 4) is 39.3 Å². The van der Waals surface area contributed by atoms with Crippen LogP contribution in [0.3, 0.4) is 0 Å². The summed E-state index contributed by atoms with van der Waals surface area (Å²) in [6.07, 6.45) is 0. The van der Waals surface area contributed by atoms with Gasteiger partial charge in [0.2, 0.25) is 17.1 Å². The highest BCUT2D eigenvalue weighted by atomic mass is 127. The zero-order chi connectivity index (χ0) is 20.2. The minimum atomic E-state index is 0. The molecular formula is C29H22IN. The maximum atomic E-state index is 2.36. The first-order valence-electron chi connectivity index (χ1n) is 10.2.